The van der Waals surface area contributed by atoms with Crippen molar-refractivity contribution in [3.05, 3.63) is 18.2 Å². The quantitative estimate of drug-likeness (QED) is 0.0613. The van der Waals surface area contributed by atoms with Crippen LogP contribution < -0.4 is 4.57 Å². The van der Waals surface area contributed by atoms with Crippen molar-refractivity contribution in [2.45, 2.75) is 226 Å². The second kappa shape index (κ2) is 29.7. The smallest absolute Gasteiger partial charge is 0.234 e. The average Bonchev–Trinajstić information content (AvgIpc) is 3.35. The van der Waals surface area contributed by atoms with Gasteiger partial charge in [0.05, 0.1) is 13.1 Å². The third-order valence-corrected chi connectivity index (χ3v) is 9.10. The van der Waals surface area contributed by atoms with Gasteiger partial charge in [0.2, 0.25) is 0 Å². The first kappa shape index (κ1) is 37.2. The van der Waals surface area contributed by atoms with E-state index in [4.69, 9.17) is 0 Å². The molecule has 0 amide bonds. The number of rotatable bonds is 32. The van der Waals surface area contributed by atoms with E-state index in [9.17, 15) is 0 Å². The molecule has 0 N–H and O–H groups in total. The molecule has 40 heavy (non-hydrogen) atoms. The Kier molecular flexibility index (Phi) is 27.6. The van der Waals surface area contributed by atoms with Gasteiger partial charge in [-0.2, -0.15) is 0 Å². The fourth-order valence-corrected chi connectivity index (χ4v) is 6.33. The highest BCUT2D eigenvalue weighted by atomic mass is 15.1. The van der Waals surface area contributed by atoms with Gasteiger partial charge >= 0.3 is 0 Å². The van der Waals surface area contributed by atoms with Crippen molar-refractivity contribution < 1.29 is 4.57 Å². The Hall–Kier alpha value is -0.790. The van der Waals surface area contributed by atoms with Crippen LogP contribution in [0.5, 0.6) is 0 Å². The molecule has 0 bridgehead atoms. The Morgan fingerprint density at radius 1 is 0.425 bits per heavy atom. The van der Waals surface area contributed by atoms with Gasteiger partial charge in [-0.1, -0.05) is 175 Å². The van der Waals surface area contributed by atoms with Crippen LogP contribution in [0.1, 0.15) is 213 Å². The lowest BCUT2D eigenvalue weighted by atomic mass is 10.0. The Morgan fingerprint density at radius 3 is 1.20 bits per heavy atom. The van der Waals surface area contributed by atoms with Crippen molar-refractivity contribution in [1.82, 2.24) is 4.57 Å². The molecule has 0 aliphatic heterocycles. The molecule has 1 rings (SSSR count). The molecule has 0 saturated heterocycles. The number of hydrogen-bond donors (Lipinski definition) is 0. The molecule has 0 saturated carbocycles. The van der Waals surface area contributed by atoms with Crippen LogP contribution >= 0.6 is 0 Å². The van der Waals surface area contributed by atoms with E-state index < -0.39 is 0 Å². The van der Waals surface area contributed by atoms with Crippen LogP contribution in [0.3, 0.4) is 0 Å². The Labute approximate surface area is 253 Å². The van der Waals surface area contributed by atoms with E-state index in [1.54, 1.807) is 5.82 Å². The summed E-state index contributed by atoms with van der Waals surface area (Å²) in [6.07, 6.45) is 47.4. The molecule has 2 nitrogen and oxygen atoms in total. The first-order valence-electron chi connectivity index (χ1n) is 18.9. The third kappa shape index (κ3) is 21.9. The first-order chi connectivity index (χ1) is 19.8. The number of aryl methyl sites for hydroxylation is 2. The van der Waals surface area contributed by atoms with Crippen LogP contribution in [-0.4, -0.2) is 4.57 Å². The van der Waals surface area contributed by atoms with Gasteiger partial charge < -0.3 is 0 Å². The van der Waals surface area contributed by atoms with Crippen LogP contribution in [0.4, 0.5) is 0 Å². The SMILES string of the molecule is CCCCCCCCCCCCCCCCC[n+]1ccn(CCCCCCCCCCC)c1CCCCCCC. The van der Waals surface area contributed by atoms with Crippen molar-refractivity contribution in [1.29, 1.82) is 0 Å². The molecular weight excluding hydrogens is 484 g/mol. The van der Waals surface area contributed by atoms with Crippen molar-refractivity contribution >= 4 is 0 Å². The van der Waals surface area contributed by atoms with Crippen LogP contribution in [0.2, 0.25) is 0 Å². The number of imidazole rings is 1. The maximum absolute atomic E-state index is 2.62. The fourth-order valence-electron chi connectivity index (χ4n) is 6.33. The molecule has 1 heterocycles. The summed E-state index contributed by atoms with van der Waals surface area (Å²) < 4.78 is 5.24. The lowest BCUT2D eigenvalue weighted by Crippen LogP contribution is -2.37. The van der Waals surface area contributed by atoms with Crippen molar-refractivity contribution in [2.75, 3.05) is 0 Å². The zero-order valence-corrected chi connectivity index (χ0v) is 28.2. The molecule has 236 valence electrons. The molecule has 0 aliphatic carbocycles. The molecular formula is C38H75N2+. The van der Waals surface area contributed by atoms with Crippen LogP contribution in [-0.2, 0) is 19.5 Å². The van der Waals surface area contributed by atoms with Gasteiger partial charge in [0.25, 0.3) is 5.82 Å². The Balaban J connectivity index is 2.19. The van der Waals surface area contributed by atoms with Gasteiger partial charge in [0.15, 0.2) is 0 Å². The molecule has 1 aromatic rings. The largest absolute Gasteiger partial charge is 0.256 e. The highest BCUT2D eigenvalue weighted by molar-refractivity contribution is 4.84. The van der Waals surface area contributed by atoms with Gasteiger partial charge in [-0.05, 0) is 32.1 Å². The molecule has 0 aliphatic rings. The van der Waals surface area contributed by atoms with Gasteiger partial charge in [-0.15, -0.1) is 0 Å². The fraction of sp³-hybridized carbons (Fsp3) is 0.921. The molecule has 0 aromatic carbocycles. The number of unbranched alkanes of at least 4 members (excludes halogenated alkanes) is 26. The van der Waals surface area contributed by atoms with E-state index >= 15 is 0 Å². The van der Waals surface area contributed by atoms with E-state index in [0.717, 1.165) is 0 Å². The van der Waals surface area contributed by atoms with Gasteiger partial charge in [-0.25, -0.2) is 9.13 Å². The molecule has 0 radical (unpaired) electrons. The highest BCUT2D eigenvalue weighted by Crippen LogP contribution is 2.15. The Bertz CT molecular complexity index is 619. The zero-order valence-electron chi connectivity index (χ0n) is 28.2. The summed E-state index contributed by atoms with van der Waals surface area (Å²) in [5.74, 6) is 1.61. The summed E-state index contributed by atoms with van der Waals surface area (Å²) in [7, 11) is 0. The predicted octanol–water partition coefficient (Wildman–Crippen LogP) is 12.7. The number of aromatic nitrogens is 2. The molecule has 2 heteroatoms. The third-order valence-electron chi connectivity index (χ3n) is 9.10. The van der Waals surface area contributed by atoms with Gasteiger partial charge in [0.1, 0.15) is 12.4 Å². The number of hydrogen-bond acceptors (Lipinski definition) is 0. The highest BCUT2D eigenvalue weighted by Gasteiger charge is 2.16. The van der Waals surface area contributed by atoms with Crippen LogP contribution in [0.15, 0.2) is 12.4 Å². The second-order valence-electron chi connectivity index (χ2n) is 13.0. The normalized spacial score (nSPS) is 11.6. The summed E-state index contributed by atoms with van der Waals surface area (Å²) in [5.41, 5.74) is 0. The van der Waals surface area contributed by atoms with Crippen molar-refractivity contribution in [2.24, 2.45) is 0 Å². The van der Waals surface area contributed by atoms with E-state index in [1.165, 1.54) is 206 Å². The molecule has 0 spiro atoms. The monoisotopic (exact) mass is 560 g/mol. The minimum Gasteiger partial charge on any atom is -0.234 e. The lowest BCUT2D eigenvalue weighted by molar-refractivity contribution is -0.704. The van der Waals surface area contributed by atoms with Crippen molar-refractivity contribution in [3.63, 3.8) is 0 Å². The van der Waals surface area contributed by atoms with E-state index in [-0.39, 0.29) is 0 Å². The minimum atomic E-state index is 1.23. The summed E-state index contributed by atoms with van der Waals surface area (Å²) >= 11 is 0. The first-order valence-corrected chi connectivity index (χ1v) is 18.9. The summed E-state index contributed by atoms with van der Waals surface area (Å²) in [6, 6.07) is 0. The van der Waals surface area contributed by atoms with Gasteiger partial charge in [0, 0.05) is 6.42 Å². The summed E-state index contributed by atoms with van der Waals surface area (Å²) in [5, 5.41) is 0. The Morgan fingerprint density at radius 2 is 0.775 bits per heavy atom. The van der Waals surface area contributed by atoms with E-state index in [1.807, 2.05) is 0 Å². The molecule has 0 atom stereocenters. The maximum atomic E-state index is 2.62. The average molecular weight is 560 g/mol. The van der Waals surface area contributed by atoms with E-state index in [2.05, 4.69) is 42.3 Å². The maximum Gasteiger partial charge on any atom is 0.256 e. The predicted molar refractivity (Wildman–Crippen MR) is 179 cm³/mol. The molecule has 1 aromatic heterocycles. The lowest BCUT2D eigenvalue weighted by Gasteiger charge is -2.07. The molecule has 0 fully saturated rings. The summed E-state index contributed by atoms with van der Waals surface area (Å²) in [6.45, 7) is 9.40. The topological polar surface area (TPSA) is 8.81 Å². The summed E-state index contributed by atoms with van der Waals surface area (Å²) in [4.78, 5) is 0. The van der Waals surface area contributed by atoms with Crippen LogP contribution in [0, 0.1) is 0 Å². The zero-order chi connectivity index (χ0) is 28.8. The number of nitrogens with zero attached hydrogens (tertiary/aromatic N) is 2. The van der Waals surface area contributed by atoms with E-state index in [0.29, 0.717) is 0 Å². The standard InChI is InChI=1S/C38H75N2/c1-4-7-10-13-15-17-18-19-20-21-22-24-26-29-32-35-40-37-36-39(38(40)33-30-27-12-9-6-3)34-31-28-25-23-16-14-11-8-5-2/h36-37H,4-35H2,1-3H3/q+1. The molecule has 0 unspecified atom stereocenters. The van der Waals surface area contributed by atoms with Gasteiger partial charge in [-0.3, -0.25) is 0 Å². The van der Waals surface area contributed by atoms with Crippen LogP contribution in [0.25, 0.3) is 0 Å². The second-order valence-corrected chi connectivity index (χ2v) is 13.0. The van der Waals surface area contributed by atoms with Crippen molar-refractivity contribution in [3.8, 4) is 0 Å². The minimum absolute atomic E-state index is 1.23.